The molecule has 1 N–H and O–H groups in total. The Balaban J connectivity index is 3.46. The van der Waals surface area contributed by atoms with Gasteiger partial charge in [-0.25, -0.2) is 4.79 Å². The van der Waals surface area contributed by atoms with Crippen LogP contribution in [0.2, 0.25) is 5.02 Å². The zero-order valence-electron chi connectivity index (χ0n) is 8.45. The number of hydrogen-bond donors (Lipinski definition) is 1. The van der Waals surface area contributed by atoms with Gasteiger partial charge >= 0.3 is 12.1 Å². The fourth-order valence-electron chi connectivity index (χ4n) is 1.13. The van der Waals surface area contributed by atoms with Crippen LogP contribution < -0.4 is 5.56 Å². The van der Waals surface area contributed by atoms with Crippen molar-refractivity contribution in [2.45, 2.75) is 19.1 Å². The van der Waals surface area contributed by atoms with E-state index in [9.17, 15) is 22.8 Å². The molecule has 17 heavy (non-hydrogen) atoms. The van der Waals surface area contributed by atoms with Crippen LogP contribution in [-0.4, -0.2) is 15.6 Å². The first-order chi connectivity index (χ1) is 7.64. The molecule has 94 valence electrons. The average molecular weight is 270 g/mol. The molecule has 1 aromatic rings. The Morgan fingerprint density at radius 1 is 1.53 bits per heavy atom. The average Bonchev–Trinajstić information content (AvgIpc) is 2.19. The van der Waals surface area contributed by atoms with Crippen molar-refractivity contribution in [1.82, 2.24) is 4.57 Å². The van der Waals surface area contributed by atoms with Gasteiger partial charge in [0, 0.05) is 6.20 Å². The van der Waals surface area contributed by atoms with Crippen LogP contribution in [0.4, 0.5) is 13.2 Å². The number of halogens is 4. The lowest BCUT2D eigenvalue weighted by atomic mass is 10.2. The molecule has 0 aliphatic rings. The summed E-state index contributed by atoms with van der Waals surface area (Å²) in [7, 11) is 0. The zero-order valence-corrected chi connectivity index (χ0v) is 9.21. The van der Waals surface area contributed by atoms with Gasteiger partial charge in [-0.2, -0.15) is 13.2 Å². The van der Waals surface area contributed by atoms with Gasteiger partial charge in [0.15, 0.2) is 0 Å². The SMILES string of the molecule is CC(C(=O)O)n1cc(C(F)(F)F)cc(Cl)c1=O. The number of carboxylic acid groups (broad SMARTS) is 1. The van der Waals surface area contributed by atoms with Gasteiger partial charge in [0.2, 0.25) is 0 Å². The highest BCUT2D eigenvalue weighted by atomic mass is 35.5. The van der Waals surface area contributed by atoms with Crippen molar-refractivity contribution in [3.8, 4) is 0 Å². The van der Waals surface area contributed by atoms with Crippen molar-refractivity contribution in [3.63, 3.8) is 0 Å². The van der Waals surface area contributed by atoms with Crippen LogP contribution in [0, 0.1) is 0 Å². The third kappa shape index (κ3) is 2.79. The Labute approximate surface area is 98.2 Å². The van der Waals surface area contributed by atoms with Crippen LogP contribution in [0.15, 0.2) is 17.1 Å². The van der Waals surface area contributed by atoms with Gasteiger partial charge in [-0.3, -0.25) is 9.36 Å². The number of nitrogens with zero attached hydrogens (tertiary/aromatic N) is 1. The van der Waals surface area contributed by atoms with Crippen LogP contribution in [-0.2, 0) is 11.0 Å². The van der Waals surface area contributed by atoms with Crippen molar-refractivity contribution in [2.75, 3.05) is 0 Å². The van der Waals surface area contributed by atoms with Gasteiger partial charge in [0.1, 0.15) is 11.1 Å². The number of rotatable bonds is 2. The van der Waals surface area contributed by atoms with Gasteiger partial charge in [-0.1, -0.05) is 11.6 Å². The predicted octanol–water partition coefficient (Wildman–Crippen LogP) is 2.17. The van der Waals surface area contributed by atoms with E-state index < -0.39 is 34.3 Å². The maximum atomic E-state index is 12.4. The minimum atomic E-state index is -4.70. The fraction of sp³-hybridized carbons (Fsp3) is 0.333. The third-order valence-electron chi connectivity index (χ3n) is 2.10. The molecular weight excluding hydrogens is 263 g/mol. The molecule has 4 nitrogen and oxygen atoms in total. The first kappa shape index (κ1) is 13.6. The Morgan fingerprint density at radius 3 is 2.47 bits per heavy atom. The molecule has 1 aromatic heterocycles. The molecule has 1 heterocycles. The summed E-state index contributed by atoms with van der Waals surface area (Å²) in [6.07, 6.45) is -4.26. The van der Waals surface area contributed by atoms with Gasteiger partial charge in [0.25, 0.3) is 5.56 Å². The normalized spacial score (nSPS) is 13.5. The monoisotopic (exact) mass is 269 g/mol. The number of carboxylic acids is 1. The van der Waals surface area contributed by atoms with E-state index >= 15 is 0 Å². The topological polar surface area (TPSA) is 59.3 Å². The highest BCUT2D eigenvalue weighted by molar-refractivity contribution is 6.30. The lowest BCUT2D eigenvalue weighted by Crippen LogP contribution is -2.29. The van der Waals surface area contributed by atoms with Crippen molar-refractivity contribution >= 4 is 17.6 Å². The van der Waals surface area contributed by atoms with E-state index in [2.05, 4.69) is 0 Å². The van der Waals surface area contributed by atoms with Gasteiger partial charge in [-0.15, -0.1) is 0 Å². The van der Waals surface area contributed by atoms with E-state index in [1.807, 2.05) is 0 Å². The van der Waals surface area contributed by atoms with E-state index in [-0.39, 0.29) is 0 Å². The predicted molar refractivity (Wildman–Crippen MR) is 53.1 cm³/mol. The number of carbonyl (C=O) groups is 1. The number of alkyl halides is 3. The lowest BCUT2D eigenvalue weighted by Gasteiger charge is -2.14. The first-order valence-corrected chi connectivity index (χ1v) is 4.74. The summed E-state index contributed by atoms with van der Waals surface area (Å²) in [5.41, 5.74) is -2.15. The molecule has 0 saturated carbocycles. The second-order valence-electron chi connectivity index (χ2n) is 3.30. The molecule has 0 saturated heterocycles. The summed E-state index contributed by atoms with van der Waals surface area (Å²) < 4.78 is 37.7. The second-order valence-corrected chi connectivity index (χ2v) is 3.71. The van der Waals surface area contributed by atoms with Gasteiger partial charge in [0.05, 0.1) is 5.56 Å². The van der Waals surface area contributed by atoms with Crippen LogP contribution in [0.5, 0.6) is 0 Å². The largest absolute Gasteiger partial charge is 0.480 e. The quantitative estimate of drug-likeness (QED) is 0.895. The number of hydrogen-bond acceptors (Lipinski definition) is 2. The minimum absolute atomic E-state index is 0.437. The number of aromatic nitrogens is 1. The molecule has 8 heteroatoms. The lowest BCUT2D eigenvalue weighted by molar-refractivity contribution is -0.142. The summed E-state index contributed by atoms with van der Waals surface area (Å²) in [5, 5.41) is 7.99. The molecule has 0 aliphatic carbocycles. The highest BCUT2D eigenvalue weighted by Crippen LogP contribution is 2.30. The summed E-state index contributed by atoms with van der Waals surface area (Å²) in [6, 6.07) is -0.961. The molecule has 0 aromatic carbocycles. The summed E-state index contributed by atoms with van der Waals surface area (Å²) in [6.45, 7) is 1.08. The standard InChI is InChI=1S/C9H7ClF3NO3/c1-4(8(16)17)14-3-5(9(11,12)13)2-6(10)7(14)15/h2-4H,1H3,(H,16,17). The molecule has 0 spiro atoms. The molecule has 1 atom stereocenters. The third-order valence-corrected chi connectivity index (χ3v) is 2.37. The Bertz CT molecular complexity index is 509. The number of pyridine rings is 1. The van der Waals surface area contributed by atoms with E-state index in [0.717, 1.165) is 6.92 Å². The van der Waals surface area contributed by atoms with E-state index in [1.54, 1.807) is 0 Å². The van der Waals surface area contributed by atoms with Crippen molar-refractivity contribution in [2.24, 2.45) is 0 Å². The molecule has 0 bridgehead atoms. The van der Waals surface area contributed by atoms with E-state index in [4.69, 9.17) is 16.7 Å². The highest BCUT2D eigenvalue weighted by Gasteiger charge is 2.33. The van der Waals surface area contributed by atoms with Gasteiger partial charge < -0.3 is 5.11 Å². The maximum Gasteiger partial charge on any atom is 0.417 e. The molecule has 0 amide bonds. The molecule has 0 radical (unpaired) electrons. The van der Waals surface area contributed by atoms with Crippen molar-refractivity contribution in [3.05, 3.63) is 33.2 Å². The van der Waals surface area contributed by atoms with Crippen LogP contribution >= 0.6 is 11.6 Å². The molecule has 0 aliphatic heterocycles. The van der Waals surface area contributed by atoms with Gasteiger partial charge in [-0.05, 0) is 13.0 Å². The Hall–Kier alpha value is -1.50. The maximum absolute atomic E-state index is 12.4. The fourth-order valence-corrected chi connectivity index (χ4v) is 1.34. The van der Waals surface area contributed by atoms with E-state index in [1.165, 1.54) is 0 Å². The molecule has 1 rings (SSSR count). The Morgan fingerprint density at radius 2 is 2.06 bits per heavy atom. The zero-order chi connectivity index (χ0) is 13.4. The molecular formula is C9H7ClF3NO3. The van der Waals surface area contributed by atoms with Crippen LogP contribution in [0.3, 0.4) is 0 Å². The summed E-state index contributed by atoms with van der Waals surface area (Å²) in [4.78, 5) is 22.0. The first-order valence-electron chi connectivity index (χ1n) is 4.36. The van der Waals surface area contributed by atoms with Crippen molar-refractivity contribution in [1.29, 1.82) is 0 Å². The van der Waals surface area contributed by atoms with E-state index in [0.29, 0.717) is 16.8 Å². The van der Waals surface area contributed by atoms with Crippen LogP contribution in [0.25, 0.3) is 0 Å². The summed E-state index contributed by atoms with van der Waals surface area (Å²) in [5.74, 6) is -1.43. The minimum Gasteiger partial charge on any atom is -0.480 e. The number of aliphatic carboxylic acids is 1. The molecule has 0 fully saturated rings. The smallest absolute Gasteiger partial charge is 0.417 e. The second kappa shape index (κ2) is 4.40. The van der Waals surface area contributed by atoms with Crippen molar-refractivity contribution < 1.29 is 23.1 Å². The van der Waals surface area contributed by atoms with Crippen LogP contribution in [0.1, 0.15) is 18.5 Å². The summed E-state index contributed by atoms with van der Waals surface area (Å²) >= 11 is 5.35. The Kier molecular flexibility index (Phi) is 3.51. The molecule has 1 unspecified atom stereocenters.